The summed E-state index contributed by atoms with van der Waals surface area (Å²) in [7, 11) is 0. The van der Waals surface area contributed by atoms with Crippen molar-refractivity contribution >= 4 is 38.7 Å². The van der Waals surface area contributed by atoms with Crippen LogP contribution in [0, 0.1) is 0 Å². The number of hydrogen-bond donors (Lipinski definition) is 0. The Labute approximate surface area is 119 Å². The summed E-state index contributed by atoms with van der Waals surface area (Å²) in [6.07, 6.45) is 2.80. The number of rotatable bonds is 1. The molecule has 0 fully saturated rings. The fourth-order valence-electron chi connectivity index (χ4n) is 2.80. The fraction of sp³-hybridized carbons (Fsp3) is 0.286. The van der Waals surface area contributed by atoms with Crippen molar-refractivity contribution in [2.45, 2.75) is 19.4 Å². The zero-order chi connectivity index (χ0) is 12.8. The number of nitrogens with zero attached hydrogens (tertiary/aromatic N) is 3. The van der Waals surface area contributed by atoms with Crippen LogP contribution in [0.2, 0.25) is 0 Å². The van der Waals surface area contributed by atoms with Crippen molar-refractivity contribution in [2.24, 2.45) is 0 Å². The second-order valence-electron chi connectivity index (χ2n) is 4.76. The van der Waals surface area contributed by atoms with Gasteiger partial charge < -0.3 is 4.90 Å². The largest absolute Gasteiger partial charge is 0.349 e. The van der Waals surface area contributed by atoms with E-state index in [0.29, 0.717) is 6.04 Å². The van der Waals surface area contributed by atoms with E-state index in [4.69, 9.17) is 0 Å². The Morgan fingerprint density at radius 2 is 2.11 bits per heavy atom. The first-order valence-electron chi connectivity index (χ1n) is 6.35. The van der Waals surface area contributed by atoms with Crippen LogP contribution >= 0.6 is 22.7 Å². The molecule has 4 heterocycles. The van der Waals surface area contributed by atoms with Crippen molar-refractivity contribution in [1.29, 1.82) is 0 Å². The molecule has 5 heteroatoms. The molecule has 19 heavy (non-hydrogen) atoms. The Morgan fingerprint density at radius 1 is 1.21 bits per heavy atom. The van der Waals surface area contributed by atoms with Gasteiger partial charge in [0.15, 0.2) is 0 Å². The molecule has 0 aromatic carbocycles. The molecule has 1 aliphatic rings. The highest BCUT2D eigenvalue weighted by Gasteiger charge is 2.26. The number of aromatic nitrogens is 2. The van der Waals surface area contributed by atoms with Crippen LogP contribution in [0.25, 0.3) is 10.2 Å². The molecule has 4 rings (SSSR count). The second-order valence-corrected chi connectivity index (χ2v) is 6.65. The average molecular weight is 287 g/mol. The van der Waals surface area contributed by atoms with Gasteiger partial charge in [0.25, 0.3) is 0 Å². The summed E-state index contributed by atoms with van der Waals surface area (Å²) in [6, 6.07) is 4.78. The maximum Gasteiger partial charge on any atom is 0.141 e. The van der Waals surface area contributed by atoms with Crippen molar-refractivity contribution in [1.82, 2.24) is 9.97 Å². The Balaban J connectivity index is 1.83. The maximum atomic E-state index is 4.54. The molecule has 96 valence electrons. The van der Waals surface area contributed by atoms with E-state index in [1.807, 2.05) is 11.3 Å². The van der Waals surface area contributed by atoms with Crippen LogP contribution < -0.4 is 4.90 Å². The first-order valence-corrected chi connectivity index (χ1v) is 8.11. The zero-order valence-electron chi connectivity index (χ0n) is 10.5. The third kappa shape index (κ3) is 1.69. The predicted molar refractivity (Wildman–Crippen MR) is 81.2 cm³/mol. The molecular weight excluding hydrogens is 274 g/mol. The van der Waals surface area contributed by atoms with E-state index in [9.17, 15) is 0 Å². The quantitative estimate of drug-likeness (QED) is 0.680. The minimum Gasteiger partial charge on any atom is -0.349 e. The Kier molecular flexibility index (Phi) is 2.56. The highest BCUT2D eigenvalue weighted by atomic mass is 32.1. The minimum atomic E-state index is 0.396. The van der Waals surface area contributed by atoms with Crippen LogP contribution in [0.15, 0.2) is 29.2 Å². The summed E-state index contributed by atoms with van der Waals surface area (Å²) >= 11 is 3.55. The van der Waals surface area contributed by atoms with E-state index in [-0.39, 0.29) is 0 Å². The highest BCUT2D eigenvalue weighted by Crippen LogP contribution is 2.37. The van der Waals surface area contributed by atoms with Crippen LogP contribution in [0.5, 0.6) is 0 Å². The van der Waals surface area contributed by atoms with Crippen molar-refractivity contribution in [3.05, 3.63) is 39.7 Å². The normalized spacial score (nSPS) is 18.8. The monoisotopic (exact) mass is 287 g/mol. The molecule has 0 aliphatic carbocycles. The summed E-state index contributed by atoms with van der Waals surface area (Å²) < 4.78 is 0. The fourth-order valence-corrected chi connectivity index (χ4v) is 4.49. The molecule has 0 saturated carbocycles. The molecule has 0 radical (unpaired) electrons. The molecule has 0 unspecified atom stereocenters. The van der Waals surface area contributed by atoms with E-state index in [1.54, 1.807) is 17.7 Å². The van der Waals surface area contributed by atoms with Gasteiger partial charge in [0.1, 0.15) is 17.0 Å². The van der Waals surface area contributed by atoms with Crippen LogP contribution in [0.1, 0.15) is 23.4 Å². The molecule has 3 nitrogen and oxygen atoms in total. The average Bonchev–Trinajstić information content (AvgIpc) is 3.07. The second kappa shape index (κ2) is 4.28. The van der Waals surface area contributed by atoms with Gasteiger partial charge in [0.05, 0.1) is 11.4 Å². The third-order valence-corrected chi connectivity index (χ3v) is 5.61. The van der Waals surface area contributed by atoms with Crippen molar-refractivity contribution < 1.29 is 0 Å². The van der Waals surface area contributed by atoms with Crippen LogP contribution in [-0.4, -0.2) is 16.5 Å². The molecule has 0 spiro atoms. The zero-order valence-corrected chi connectivity index (χ0v) is 12.2. The van der Waals surface area contributed by atoms with E-state index in [1.165, 1.54) is 15.8 Å². The Morgan fingerprint density at radius 3 is 3.05 bits per heavy atom. The minimum absolute atomic E-state index is 0.396. The van der Waals surface area contributed by atoms with Gasteiger partial charge in [0, 0.05) is 11.4 Å². The number of anilines is 1. The highest BCUT2D eigenvalue weighted by molar-refractivity contribution is 7.16. The van der Waals surface area contributed by atoms with Crippen molar-refractivity contribution in [2.75, 3.05) is 11.4 Å². The first-order chi connectivity index (χ1) is 9.34. The van der Waals surface area contributed by atoms with E-state index >= 15 is 0 Å². The lowest BCUT2D eigenvalue weighted by atomic mass is 10.0. The van der Waals surface area contributed by atoms with Crippen molar-refractivity contribution in [3.63, 3.8) is 0 Å². The first kappa shape index (κ1) is 11.4. The van der Waals surface area contributed by atoms with Gasteiger partial charge >= 0.3 is 0 Å². The third-order valence-electron chi connectivity index (χ3n) is 3.79. The molecule has 0 N–H and O–H groups in total. The Hall–Kier alpha value is -1.46. The summed E-state index contributed by atoms with van der Waals surface area (Å²) in [4.78, 5) is 13.9. The summed E-state index contributed by atoms with van der Waals surface area (Å²) in [6.45, 7) is 3.31. The van der Waals surface area contributed by atoms with Crippen LogP contribution in [0.3, 0.4) is 0 Å². The molecule has 1 aliphatic heterocycles. The molecule has 0 saturated heterocycles. The SMILES string of the molecule is C[C@@H]1c2ccsc2CCN1c1ncnc2sccc12. The molecule has 0 amide bonds. The predicted octanol–water partition coefficient (Wildman–Crippen LogP) is 3.88. The van der Waals surface area contributed by atoms with Gasteiger partial charge in [-0.15, -0.1) is 22.7 Å². The van der Waals surface area contributed by atoms with Crippen LogP contribution in [0.4, 0.5) is 5.82 Å². The molecule has 3 aromatic rings. The maximum absolute atomic E-state index is 4.54. The molecule has 1 atom stereocenters. The van der Waals surface area contributed by atoms with Gasteiger partial charge in [-0.05, 0) is 41.8 Å². The van der Waals surface area contributed by atoms with Gasteiger partial charge in [-0.25, -0.2) is 9.97 Å². The van der Waals surface area contributed by atoms with Gasteiger partial charge in [0.2, 0.25) is 0 Å². The smallest absolute Gasteiger partial charge is 0.141 e. The van der Waals surface area contributed by atoms with Crippen molar-refractivity contribution in [3.8, 4) is 0 Å². The molecule has 3 aromatic heterocycles. The lowest BCUT2D eigenvalue weighted by Gasteiger charge is -2.34. The van der Waals surface area contributed by atoms with Gasteiger partial charge in [-0.2, -0.15) is 0 Å². The topological polar surface area (TPSA) is 29.0 Å². The van der Waals surface area contributed by atoms with E-state index in [2.05, 4.69) is 44.7 Å². The van der Waals surface area contributed by atoms with E-state index in [0.717, 1.165) is 23.6 Å². The number of fused-ring (bicyclic) bond motifs is 2. The molecule has 0 bridgehead atoms. The summed E-state index contributed by atoms with van der Waals surface area (Å²) in [5.41, 5.74) is 1.46. The standard InChI is InChI=1S/C14H13N3S2/c1-9-10-3-6-18-12(10)2-5-17(9)13-11-4-7-19-14(11)16-8-15-13/h3-4,6-9H,2,5H2,1H3/t9-/m1/s1. The number of thiophene rings is 2. The Bertz CT molecular complexity index is 731. The summed E-state index contributed by atoms with van der Waals surface area (Å²) in [5, 5.41) is 5.47. The number of hydrogen-bond acceptors (Lipinski definition) is 5. The lowest BCUT2D eigenvalue weighted by Crippen LogP contribution is -2.33. The van der Waals surface area contributed by atoms with Crippen LogP contribution in [-0.2, 0) is 6.42 Å². The van der Waals surface area contributed by atoms with Gasteiger partial charge in [-0.1, -0.05) is 0 Å². The summed E-state index contributed by atoms with van der Waals surface area (Å²) in [5.74, 6) is 1.08. The van der Waals surface area contributed by atoms with E-state index < -0.39 is 0 Å². The van der Waals surface area contributed by atoms with Gasteiger partial charge in [-0.3, -0.25) is 0 Å². The molecular formula is C14H13N3S2. The lowest BCUT2D eigenvalue weighted by molar-refractivity contribution is 0.627.